The van der Waals surface area contributed by atoms with Crippen LogP contribution in [0.4, 0.5) is 0 Å². The van der Waals surface area contributed by atoms with Gasteiger partial charge in [0.05, 0.1) is 28.3 Å². The van der Waals surface area contributed by atoms with Gasteiger partial charge in [-0.15, -0.1) is 0 Å². The number of fused-ring (bicyclic) bond motifs is 3. The van der Waals surface area contributed by atoms with Crippen molar-refractivity contribution >= 4 is 21.8 Å². The van der Waals surface area contributed by atoms with Crippen molar-refractivity contribution in [3.63, 3.8) is 0 Å². The van der Waals surface area contributed by atoms with Crippen LogP contribution in [-0.4, -0.2) is 14.5 Å². The molecule has 0 fully saturated rings. The van der Waals surface area contributed by atoms with Gasteiger partial charge in [0.2, 0.25) is 5.89 Å². The Kier molecular flexibility index (Phi) is 5.97. The van der Waals surface area contributed by atoms with E-state index in [9.17, 15) is 0 Å². The van der Waals surface area contributed by atoms with Crippen LogP contribution < -0.4 is 0 Å². The number of nitrogens with zero attached hydrogens (tertiary/aromatic N) is 3. The normalized spacial score (nSPS) is 11.7. The lowest BCUT2D eigenvalue weighted by molar-refractivity contribution is 0.574. The maximum atomic E-state index is 5.65. The molecule has 0 aliphatic rings. The molecule has 0 bridgehead atoms. The lowest BCUT2D eigenvalue weighted by atomic mass is 9.67. The number of rotatable bonds is 6. The molecule has 0 amide bonds. The van der Waals surface area contributed by atoms with Crippen LogP contribution in [0.25, 0.3) is 38.9 Å². The first-order valence-corrected chi connectivity index (χ1v) is 14.4. The van der Waals surface area contributed by atoms with E-state index >= 15 is 0 Å². The van der Waals surface area contributed by atoms with Crippen LogP contribution >= 0.6 is 0 Å². The Labute approximate surface area is 249 Å². The number of oxazole rings is 1. The zero-order valence-electron chi connectivity index (χ0n) is 23.3. The average Bonchev–Trinajstić information content (AvgIpc) is 3.74. The first-order chi connectivity index (χ1) is 21.3. The van der Waals surface area contributed by atoms with Gasteiger partial charge in [-0.25, -0.2) is 4.98 Å². The smallest absolute Gasteiger partial charge is 0.225 e. The zero-order chi connectivity index (χ0) is 28.6. The zero-order valence-corrected chi connectivity index (χ0v) is 23.3. The molecule has 3 heterocycles. The maximum absolute atomic E-state index is 5.65. The first kappa shape index (κ1) is 25.0. The van der Waals surface area contributed by atoms with Crippen molar-refractivity contribution in [2.24, 2.45) is 0 Å². The summed E-state index contributed by atoms with van der Waals surface area (Å²) in [4.78, 5) is 9.40. The molecule has 4 nitrogen and oxygen atoms in total. The van der Waals surface area contributed by atoms with Crippen LogP contribution in [0.2, 0.25) is 0 Å². The fraction of sp³-hybridized carbons (Fsp3) is 0.0256. The molecule has 43 heavy (non-hydrogen) atoms. The molecule has 8 rings (SSSR count). The summed E-state index contributed by atoms with van der Waals surface area (Å²) in [7, 11) is 0. The van der Waals surface area contributed by atoms with Gasteiger partial charge in [0.1, 0.15) is 6.26 Å². The summed E-state index contributed by atoms with van der Waals surface area (Å²) in [6.07, 6.45) is 5.18. The van der Waals surface area contributed by atoms with Crippen molar-refractivity contribution in [1.82, 2.24) is 14.5 Å². The highest BCUT2D eigenvalue weighted by Gasteiger charge is 2.40. The van der Waals surface area contributed by atoms with Crippen LogP contribution in [0.5, 0.6) is 0 Å². The molecule has 0 radical (unpaired) electrons. The van der Waals surface area contributed by atoms with E-state index in [0.29, 0.717) is 5.89 Å². The van der Waals surface area contributed by atoms with E-state index in [1.807, 2.05) is 18.3 Å². The minimum absolute atomic E-state index is 0.602. The Bertz CT molecular complexity index is 2070. The van der Waals surface area contributed by atoms with Crippen LogP contribution in [0.1, 0.15) is 22.4 Å². The van der Waals surface area contributed by atoms with Gasteiger partial charge < -0.3 is 8.98 Å². The standard InChI is InChI=1S/C39H27N3O/c1-3-13-29(14-4-1)39(30-15-5-2-6-16-30,37-20-9-10-23-40-37)31-21-22-34-33-18-7-8-19-35(33)42(36(34)27-31)32-17-11-12-28(26-32)38-41-24-25-43-38/h1-27H. The third-order valence-electron chi connectivity index (χ3n) is 8.35. The van der Waals surface area contributed by atoms with Gasteiger partial charge in [0.25, 0.3) is 0 Å². The molecular formula is C39H27N3O. The molecule has 0 spiro atoms. The van der Waals surface area contributed by atoms with Crippen LogP contribution in [-0.2, 0) is 5.41 Å². The maximum Gasteiger partial charge on any atom is 0.225 e. The molecule has 0 atom stereocenters. The van der Waals surface area contributed by atoms with E-state index in [1.165, 1.54) is 10.8 Å². The summed E-state index contributed by atoms with van der Waals surface area (Å²) in [6.45, 7) is 0. The lowest BCUT2D eigenvalue weighted by Crippen LogP contribution is -2.32. The number of hydrogen-bond acceptors (Lipinski definition) is 3. The molecule has 0 unspecified atom stereocenters. The summed E-state index contributed by atoms with van der Waals surface area (Å²) in [5.41, 5.74) is 8.03. The second-order valence-corrected chi connectivity index (χ2v) is 10.7. The largest absolute Gasteiger partial charge is 0.445 e. The van der Waals surface area contributed by atoms with Gasteiger partial charge in [0, 0.05) is 28.2 Å². The van der Waals surface area contributed by atoms with Crippen LogP contribution in [0, 0.1) is 0 Å². The van der Waals surface area contributed by atoms with Gasteiger partial charge in [-0.3, -0.25) is 4.98 Å². The van der Waals surface area contributed by atoms with Crippen molar-refractivity contribution in [2.45, 2.75) is 5.41 Å². The van der Waals surface area contributed by atoms with E-state index in [0.717, 1.165) is 44.7 Å². The minimum atomic E-state index is -0.640. The van der Waals surface area contributed by atoms with E-state index < -0.39 is 5.41 Å². The predicted molar refractivity (Wildman–Crippen MR) is 172 cm³/mol. The third kappa shape index (κ3) is 3.99. The molecule has 0 aliphatic heterocycles. The number of benzene rings is 5. The van der Waals surface area contributed by atoms with Crippen LogP contribution in [0.15, 0.2) is 169 Å². The van der Waals surface area contributed by atoms with E-state index in [-0.39, 0.29) is 0 Å². The number of para-hydroxylation sites is 1. The van der Waals surface area contributed by atoms with Gasteiger partial charge in [0.15, 0.2) is 0 Å². The molecule has 204 valence electrons. The number of hydrogen-bond donors (Lipinski definition) is 0. The SMILES string of the molecule is c1ccc(C(c2ccccc2)(c2ccc3c4ccccc4n(-c4cccc(-c5ncco5)c4)c3c2)c2ccccn2)cc1. The molecule has 0 saturated carbocycles. The topological polar surface area (TPSA) is 43.9 Å². The summed E-state index contributed by atoms with van der Waals surface area (Å²) >= 11 is 0. The summed E-state index contributed by atoms with van der Waals surface area (Å²) in [6, 6.07) is 51.5. The van der Waals surface area contributed by atoms with Gasteiger partial charge in [-0.05, 0) is 59.2 Å². The highest BCUT2D eigenvalue weighted by atomic mass is 16.3. The van der Waals surface area contributed by atoms with Gasteiger partial charge in [-0.2, -0.15) is 0 Å². The third-order valence-corrected chi connectivity index (χ3v) is 8.35. The Hall–Kier alpha value is -5.74. The van der Waals surface area contributed by atoms with Crippen molar-refractivity contribution in [2.75, 3.05) is 0 Å². The molecule has 5 aromatic carbocycles. The highest BCUT2D eigenvalue weighted by Crippen LogP contribution is 2.46. The fourth-order valence-electron chi connectivity index (χ4n) is 6.53. The monoisotopic (exact) mass is 553 g/mol. The lowest BCUT2D eigenvalue weighted by Gasteiger charge is -2.35. The van der Waals surface area contributed by atoms with Gasteiger partial charge in [-0.1, -0.05) is 103 Å². The first-order valence-electron chi connectivity index (χ1n) is 14.4. The van der Waals surface area contributed by atoms with Crippen molar-refractivity contribution < 1.29 is 4.42 Å². The second kappa shape index (κ2) is 10.3. The van der Waals surface area contributed by atoms with Crippen molar-refractivity contribution in [3.8, 4) is 17.1 Å². The van der Waals surface area contributed by atoms with Crippen LogP contribution in [0.3, 0.4) is 0 Å². The molecule has 8 aromatic rings. The molecular weight excluding hydrogens is 526 g/mol. The quantitative estimate of drug-likeness (QED) is 0.193. The van der Waals surface area contributed by atoms with Crippen molar-refractivity contribution in [1.29, 1.82) is 0 Å². The van der Waals surface area contributed by atoms with E-state index in [4.69, 9.17) is 9.40 Å². The number of pyridine rings is 1. The van der Waals surface area contributed by atoms with Crippen molar-refractivity contribution in [3.05, 3.63) is 187 Å². The minimum Gasteiger partial charge on any atom is -0.445 e. The molecule has 0 N–H and O–H groups in total. The summed E-state index contributed by atoms with van der Waals surface area (Å²) < 4.78 is 8.00. The molecule has 3 aromatic heterocycles. The Morgan fingerprint density at radius 3 is 1.95 bits per heavy atom. The Morgan fingerprint density at radius 2 is 1.23 bits per heavy atom. The molecule has 4 heteroatoms. The predicted octanol–water partition coefficient (Wildman–Crippen LogP) is 9.22. The summed E-state index contributed by atoms with van der Waals surface area (Å²) in [5, 5.41) is 2.39. The molecule has 0 saturated heterocycles. The summed E-state index contributed by atoms with van der Waals surface area (Å²) in [5.74, 6) is 0.602. The highest BCUT2D eigenvalue weighted by molar-refractivity contribution is 6.09. The van der Waals surface area contributed by atoms with Gasteiger partial charge >= 0.3 is 0 Å². The molecule has 0 aliphatic carbocycles. The van der Waals surface area contributed by atoms with E-state index in [2.05, 4.69) is 143 Å². The Morgan fingerprint density at radius 1 is 0.512 bits per heavy atom. The Balaban J connectivity index is 1.47. The second-order valence-electron chi connectivity index (χ2n) is 10.7. The van der Waals surface area contributed by atoms with E-state index in [1.54, 1.807) is 12.5 Å². The fourth-order valence-corrected chi connectivity index (χ4v) is 6.53. The number of aromatic nitrogens is 3. The average molecular weight is 554 g/mol.